The van der Waals surface area contributed by atoms with E-state index in [2.05, 4.69) is 60.0 Å². The van der Waals surface area contributed by atoms with Crippen molar-refractivity contribution in [3.8, 4) is 0 Å². The number of fused-ring (bicyclic) bond motifs is 7. The van der Waals surface area contributed by atoms with E-state index < -0.39 is 0 Å². The molecule has 0 amide bonds. The minimum atomic E-state index is -0.142. The number of hydrogen-bond donors (Lipinski definition) is 2. The van der Waals surface area contributed by atoms with Crippen LogP contribution in [0.15, 0.2) is 11.6 Å². The molecule has 6 aliphatic carbocycles. The van der Waals surface area contributed by atoms with Crippen LogP contribution >= 0.6 is 0 Å². The van der Waals surface area contributed by atoms with E-state index in [0.29, 0.717) is 52.1 Å². The molecule has 0 aromatic carbocycles. The standard InChI is InChI=1S/C38H66N2O2/c1-25-15-20-38(24-41-8)22-21-35(4)28(33(38)26(25)2)13-14-30-34(3)18-17-32(40-7)37(6,31(34)16-19-36(30,35)5)42-29-12-10-9-11-27(29)23-39/h13,25-27,29-33,40H,9-12,14-24,39H2,1-8H3/t25-,26+,27-,29+,30?,31?,32-,33?,34-,35-,36-,37+,38-/m1/s1. The highest BCUT2D eigenvalue weighted by atomic mass is 16.5. The zero-order valence-electron chi connectivity index (χ0n) is 28.7. The number of allylic oxidation sites excluding steroid dienone is 2. The summed E-state index contributed by atoms with van der Waals surface area (Å²) in [6.45, 7) is 17.5. The van der Waals surface area contributed by atoms with Crippen molar-refractivity contribution in [3.63, 3.8) is 0 Å². The van der Waals surface area contributed by atoms with Gasteiger partial charge < -0.3 is 20.5 Å². The first-order chi connectivity index (χ1) is 19.9. The van der Waals surface area contributed by atoms with Gasteiger partial charge >= 0.3 is 0 Å². The van der Waals surface area contributed by atoms with Crippen LogP contribution in [0.1, 0.15) is 125 Å². The molecular weight excluding hydrogens is 516 g/mol. The van der Waals surface area contributed by atoms with Crippen LogP contribution < -0.4 is 11.1 Å². The fraction of sp³-hybridized carbons (Fsp3) is 0.947. The summed E-state index contributed by atoms with van der Waals surface area (Å²) in [4.78, 5) is 0. The number of methoxy groups -OCH3 is 1. The Hall–Kier alpha value is -0.420. The molecule has 3 N–H and O–H groups in total. The van der Waals surface area contributed by atoms with Crippen LogP contribution in [0.25, 0.3) is 0 Å². The molecule has 240 valence electrons. The first-order valence-electron chi connectivity index (χ1n) is 18.2. The Morgan fingerprint density at radius 1 is 0.905 bits per heavy atom. The maximum absolute atomic E-state index is 7.47. The van der Waals surface area contributed by atoms with Crippen LogP contribution in [0.3, 0.4) is 0 Å². The Kier molecular flexibility index (Phi) is 8.36. The van der Waals surface area contributed by atoms with E-state index in [4.69, 9.17) is 15.2 Å². The van der Waals surface area contributed by atoms with Gasteiger partial charge in [0.25, 0.3) is 0 Å². The molecule has 0 saturated heterocycles. The van der Waals surface area contributed by atoms with E-state index >= 15 is 0 Å². The smallest absolute Gasteiger partial charge is 0.0843 e. The first kappa shape index (κ1) is 31.6. The Balaban J connectivity index is 1.37. The largest absolute Gasteiger partial charge is 0.384 e. The van der Waals surface area contributed by atoms with Gasteiger partial charge in [-0.3, -0.25) is 0 Å². The fourth-order valence-corrected chi connectivity index (χ4v) is 13.3. The highest BCUT2D eigenvalue weighted by Gasteiger charge is 2.69. The van der Waals surface area contributed by atoms with Crippen LogP contribution in [0.2, 0.25) is 0 Å². The van der Waals surface area contributed by atoms with Crippen LogP contribution in [0, 0.1) is 57.2 Å². The summed E-state index contributed by atoms with van der Waals surface area (Å²) in [5.41, 5.74) is 9.28. The molecule has 0 spiro atoms. The lowest BCUT2D eigenvalue weighted by atomic mass is 9.34. The molecule has 6 rings (SSSR count). The van der Waals surface area contributed by atoms with Crippen molar-refractivity contribution < 1.29 is 9.47 Å². The van der Waals surface area contributed by atoms with E-state index in [0.717, 1.165) is 25.0 Å². The number of hydrogen-bond acceptors (Lipinski definition) is 4. The summed E-state index contributed by atoms with van der Waals surface area (Å²) in [5.74, 6) is 4.02. The number of nitrogens with one attached hydrogen (secondary N) is 1. The zero-order valence-corrected chi connectivity index (χ0v) is 28.7. The average Bonchev–Trinajstić information content (AvgIpc) is 2.96. The molecule has 6 aliphatic rings. The van der Waals surface area contributed by atoms with Crippen LogP contribution in [0.4, 0.5) is 0 Å². The molecule has 0 heterocycles. The second kappa shape index (κ2) is 11.1. The Bertz CT molecular complexity index is 1030. The van der Waals surface area contributed by atoms with E-state index in [1.807, 2.05) is 12.7 Å². The van der Waals surface area contributed by atoms with Gasteiger partial charge in [-0.05, 0) is 143 Å². The number of likely N-dealkylation sites (N-methyl/N-ethyl adjacent to an activating group) is 1. The first-order valence-corrected chi connectivity index (χ1v) is 18.2. The van der Waals surface area contributed by atoms with Gasteiger partial charge in [-0.1, -0.05) is 59.1 Å². The third kappa shape index (κ3) is 4.33. The van der Waals surface area contributed by atoms with Gasteiger partial charge in [-0.15, -0.1) is 0 Å². The van der Waals surface area contributed by atoms with E-state index in [9.17, 15) is 0 Å². The molecule has 13 atom stereocenters. The number of ether oxygens (including phenoxy) is 2. The summed E-state index contributed by atoms with van der Waals surface area (Å²) in [5, 5.41) is 3.78. The van der Waals surface area contributed by atoms with Crippen LogP contribution in [0.5, 0.6) is 0 Å². The maximum Gasteiger partial charge on any atom is 0.0843 e. The molecule has 4 nitrogen and oxygen atoms in total. The minimum Gasteiger partial charge on any atom is -0.384 e. The predicted octanol–water partition coefficient (Wildman–Crippen LogP) is 8.15. The van der Waals surface area contributed by atoms with Gasteiger partial charge in [0.2, 0.25) is 0 Å². The Morgan fingerprint density at radius 2 is 1.67 bits per heavy atom. The molecular formula is C38H66N2O2. The molecule has 5 saturated carbocycles. The number of nitrogens with two attached hydrogens (primary N) is 1. The second-order valence-corrected chi connectivity index (χ2v) is 17.4. The monoisotopic (exact) mass is 583 g/mol. The number of rotatable bonds is 6. The lowest BCUT2D eigenvalue weighted by Gasteiger charge is -2.72. The van der Waals surface area contributed by atoms with Crippen molar-refractivity contribution in [1.82, 2.24) is 5.32 Å². The molecule has 0 radical (unpaired) electrons. The Labute approximate surface area is 259 Å². The molecule has 0 aliphatic heterocycles. The summed E-state index contributed by atoms with van der Waals surface area (Å²) in [6, 6.07) is 0.416. The summed E-state index contributed by atoms with van der Waals surface area (Å²) < 4.78 is 13.5. The third-order valence-electron chi connectivity index (χ3n) is 16.1. The summed E-state index contributed by atoms with van der Waals surface area (Å²) in [6.07, 6.45) is 20.0. The van der Waals surface area contributed by atoms with Crippen molar-refractivity contribution in [2.75, 3.05) is 27.3 Å². The summed E-state index contributed by atoms with van der Waals surface area (Å²) in [7, 11) is 4.13. The normalized spacial score (nSPS) is 54.2. The molecule has 5 fully saturated rings. The van der Waals surface area contributed by atoms with Crippen LogP contribution in [-0.4, -0.2) is 45.1 Å². The van der Waals surface area contributed by atoms with Gasteiger partial charge in [0, 0.05) is 18.6 Å². The van der Waals surface area contributed by atoms with Gasteiger partial charge in [0.15, 0.2) is 0 Å². The van der Waals surface area contributed by atoms with E-state index in [1.54, 1.807) is 0 Å². The topological polar surface area (TPSA) is 56.5 Å². The molecule has 0 aromatic rings. The van der Waals surface area contributed by atoms with Gasteiger partial charge in [0.1, 0.15) is 0 Å². The second-order valence-electron chi connectivity index (χ2n) is 17.4. The molecule has 0 aromatic heterocycles. The molecule has 4 heteroatoms. The highest BCUT2D eigenvalue weighted by Crippen LogP contribution is 2.75. The average molecular weight is 583 g/mol. The van der Waals surface area contributed by atoms with Crippen molar-refractivity contribution in [2.45, 2.75) is 143 Å². The van der Waals surface area contributed by atoms with E-state index in [1.165, 1.54) is 83.5 Å². The molecule has 0 bridgehead atoms. The van der Waals surface area contributed by atoms with Gasteiger partial charge in [0.05, 0.1) is 18.3 Å². The highest BCUT2D eigenvalue weighted by molar-refractivity contribution is 5.34. The van der Waals surface area contributed by atoms with Gasteiger partial charge in [-0.25, -0.2) is 0 Å². The minimum absolute atomic E-state index is 0.142. The van der Waals surface area contributed by atoms with Crippen molar-refractivity contribution in [1.29, 1.82) is 0 Å². The third-order valence-corrected chi connectivity index (χ3v) is 16.1. The van der Waals surface area contributed by atoms with Gasteiger partial charge in [-0.2, -0.15) is 0 Å². The van der Waals surface area contributed by atoms with Crippen LogP contribution in [-0.2, 0) is 9.47 Å². The zero-order chi connectivity index (χ0) is 30.1. The Morgan fingerprint density at radius 3 is 2.38 bits per heavy atom. The maximum atomic E-state index is 7.47. The lowest BCUT2D eigenvalue weighted by molar-refractivity contribution is -0.247. The quantitative estimate of drug-likeness (QED) is 0.310. The van der Waals surface area contributed by atoms with Crippen molar-refractivity contribution >= 4 is 0 Å². The molecule has 3 unspecified atom stereocenters. The van der Waals surface area contributed by atoms with Crippen molar-refractivity contribution in [2.24, 2.45) is 62.9 Å². The lowest BCUT2D eigenvalue weighted by Crippen LogP contribution is -2.69. The van der Waals surface area contributed by atoms with Crippen molar-refractivity contribution in [3.05, 3.63) is 11.6 Å². The van der Waals surface area contributed by atoms with E-state index in [-0.39, 0.29) is 11.0 Å². The molecule has 42 heavy (non-hydrogen) atoms. The fourth-order valence-electron chi connectivity index (χ4n) is 13.3. The SMILES string of the molecule is CN[C@@H]1CC[C@@]2(C)C(CC[C@]3(C)C2CC=C2C4[C@@H](C)[C@H](C)CC[C@]4(COC)CC[C@]23C)[C@]1(C)O[C@H]1CCCC[C@@H]1CN. The summed E-state index contributed by atoms with van der Waals surface area (Å²) >= 11 is 0. The predicted molar refractivity (Wildman–Crippen MR) is 174 cm³/mol.